The molecule has 3 N–H and O–H groups in total. The molecule has 31 heavy (non-hydrogen) atoms. The van der Waals surface area contributed by atoms with E-state index >= 15 is 0 Å². The van der Waals surface area contributed by atoms with Gasteiger partial charge in [0.1, 0.15) is 18.7 Å². The third kappa shape index (κ3) is 8.47. The van der Waals surface area contributed by atoms with Gasteiger partial charge >= 0.3 is 12.1 Å². The first-order valence-corrected chi connectivity index (χ1v) is 10.0. The predicted molar refractivity (Wildman–Crippen MR) is 114 cm³/mol. The van der Waals surface area contributed by atoms with Gasteiger partial charge in [-0.2, -0.15) is 0 Å². The van der Waals surface area contributed by atoms with Crippen LogP contribution in [-0.4, -0.2) is 48.9 Å². The third-order valence-corrected chi connectivity index (χ3v) is 4.61. The molecule has 0 fully saturated rings. The molecule has 0 radical (unpaired) electrons. The molecule has 2 atom stereocenters. The smallest absolute Gasteiger partial charge is 0.408 e. The van der Waals surface area contributed by atoms with E-state index in [2.05, 4.69) is 10.6 Å². The lowest BCUT2D eigenvalue weighted by Crippen LogP contribution is -2.53. The molecule has 0 aliphatic heterocycles. The fourth-order valence-electron chi connectivity index (χ4n) is 2.92. The van der Waals surface area contributed by atoms with Crippen LogP contribution >= 0.6 is 0 Å². The highest BCUT2D eigenvalue weighted by Crippen LogP contribution is 2.08. The number of hydrogen-bond acceptors (Lipinski definition) is 6. The molecule has 2 amide bonds. The molecule has 2 rings (SSSR count). The molecule has 2 aromatic carbocycles. The second-order valence-electron chi connectivity index (χ2n) is 6.90. The summed E-state index contributed by atoms with van der Waals surface area (Å²) < 4.78 is 9.84. The Balaban J connectivity index is 1.85. The summed E-state index contributed by atoms with van der Waals surface area (Å²) in [5, 5.41) is 14.4. The van der Waals surface area contributed by atoms with Crippen molar-refractivity contribution in [2.75, 3.05) is 13.7 Å². The van der Waals surface area contributed by atoms with E-state index in [-0.39, 0.29) is 6.61 Å². The first kappa shape index (κ1) is 23.9. The van der Waals surface area contributed by atoms with Crippen LogP contribution in [0.4, 0.5) is 4.79 Å². The Hall–Kier alpha value is -3.39. The summed E-state index contributed by atoms with van der Waals surface area (Å²) in [6.07, 6.45) is 0.874. The summed E-state index contributed by atoms with van der Waals surface area (Å²) >= 11 is 0. The van der Waals surface area contributed by atoms with Gasteiger partial charge in [-0.25, -0.2) is 9.59 Å². The van der Waals surface area contributed by atoms with Crippen LogP contribution in [0, 0.1) is 0 Å². The number of amides is 2. The zero-order chi connectivity index (χ0) is 22.5. The SMILES string of the molecule is COC(=O)[C@H](CCCc1ccccc1)NC(=O)[C@H](CO)NC(=O)OCc1ccccc1. The first-order chi connectivity index (χ1) is 15.0. The Bertz CT molecular complexity index is 828. The molecule has 0 aromatic heterocycles. The van der Waals surface area contributed by atoms with Crippen molar-refractivity contribution in [2.45, 2.75) is 38.0 Å². The summed E-state index contributed by atoms with van der Waals surface area (Å²) in [6.45, 7) is -0.624. The van der Waals surface area contributed by atoms with Crippen LogP contribution in [-0.2, 0) is 32.1 Å². The minimum atomic E-state index is -1.26. The minimum Gasteiger partial charge on any atom is -0.467 e. The zero-order valence-corrected chi connectivity index (χ0v) is 17.5. The van der Waals surface area contributed by atoms with Crippen molar-refractivity contribution >= 4 is 18.0 Å². The summed E-state index contributed by atoms with van der Waals surface area (Å²) in [5.74, 6) is -1.29. The molecule has 2 aromatic rings. The third-order valence-electron chi connectivity index (χ3n) is 4.61. The Labute approximate surface area is 181 Å². The quantitative estimate of drug-likeness (QED) is 0.472. The fourth-order valence-corrected chi connectivity index (χ4v) is 2.92. The van der Waals surface area contributed by atoms with E-state index in [1.807, 2.05) is 48.5 Å². The molecule has 0 spiro atoms. The lowest BCUT2D eigenvalue weighted by Gasteiger charge is -2.21. The number of methoxy groups -OCH3 is 1. The summed E-state index contributed by atoms with van der Waals surface area (Å²) in [7, 11) is 1.24. The number of esters is 1. The Morgan fingerprint density at radius 3 is 2.10 bits per heavy atom. The van der Waals surface area contributed by atoms with Crippen LogP contribution in [0.25, 0.3) is 0 Å². The van der Waals surface area contributed by atoms with Crippen LogP contribution < -0.4 is 10.6 Å². The summed E-state index contributed by atoms with van der Waals surface area (Å²) in [5.41, 5.74) is 1.90. The molecule has 0 aliphatic rings. The Morgan fingerprint density at radius 1 is 0.903 bits per heavy atom. The highest BCUT2D eigenvalue weighted by atomic mass is 16.5. The van der Waals surface area contributed by atoms with E-state index in [4.69, 9.17) is 9.47 Å². The number of carbonyl (C=O) groups excluding carboxylic acids is 3. The standard InChI is InChI=1S/C23H28N2O6/c1-30-22(28)19(14-8-13-17-9-4-2-5-10-17)24-21(27)20(15-26)25-23(29)31-16-18-11-6-3-7-12-18/h2-7,9-12,19-20,26H,8,13-16H2,1H3,(H,24,27)(H,25,29)/t19-,20-/m0/s1. The van der Waals surface area contributed by atoms with E-state index in [1.54, 1.807) is 12.1 Å². The number of ether oxygens (including phenoxy) is 2. The number of aliphatic hydroxyl groups is 1. The van der Waals surface area contributed by atoms with Crippen molar-refractivity contribution in [1.29, 1.82) is 0 Å². The average Bonchev–Trinajstić information content (AvgIpc) is 2.81. The number of aliphatic hydroxyl groups excluding tert-OH is 1. The number of rotatable bonds is 11. The molecule has 166 valence electrons. The van der Waals surface area contributed by atoms with Gasteiger partial charge in [-0.1, -0.05) is 60.7 Å². The Kier molecular flexibility index (Phi) is 10.0. The number of benzene rings is 2. The van der Waals surface area contributed by atoms with E-state index in [9.17, 15) is 19.5 Å². The number of hydrogen-bond donors (Lipinski definition) is 3. The lowest BCUT2D eigenvalue weighted by molar-refractivity contribution is -0.145. The van der Waals surface area contributed by atoms with E-state index in [1.165, 1.54) is 7.11 Å². The molecule has 0 saturated heterocycles. The molecule has 8 nitrogen and oxygen atoms in total. The topological polar surface area (TPSA) is 114 Å². The average molecular weight is 428 g/mol. The predicted octanol–water partition coefficient (Wildman–Crippen LogP) is 1.95. The molecule has 0 bridgehead atoms. The number of nitrogens with one attached hydrogen (secondary N) is 2. The van der Waals surface area contributed by atoms with Gasteiger partial charge in [-0.15, -0.1) is 0 Å². The molecular formula is C23H28N2O6. The number of alkyl carbamates (subject to hydrolysis) is 1. The molecule has 0 aliphatic carbocycles. The van der Waals surface area contributed by atoms with Crippen LogP contribution in [0.3, 0.4) is 0 Å². The molecule has 8 heteroatoms. The van der Waals surface area contributed by atoms with Crippen molar-refractivity contribution in [3.63, 3.8) is 0 Å². The monoisotopic (exact) mass is 428 g/mol. The molecule has 0 heterocycles. The lowest BCUT2D eigenvalue weighted by atomic mass is 10.0. The van der Waals surface area contributed by atoms with Gasteiger partial charge in [-0.05, 0) is 30.4 Å². The fraction of sp³-hybridized carbons (Fsp3) is 0.348. The maximum absolute atomic E-state index is 12.5. The number of aryl methyl sites for hydroxylation is 1. The van der Waals surface area contributed by atoms with Crippen molar-refractivity contribution in [1.82, 2.24) is 10.6 Å². The van der Waals surface area contributed by atoms with Gasteiger partial charge in [0, 0.05) is 0 Å². The molecule has 0 saturated carbocycles. The van der Waals surface area contributed by atoms with Gasteiger partial charge in [0.15, 0.2) is 0 Å². The Morgan fingerprint density at radius 2 is 1.52 bits per heavy atom. The summed E-state index contributed by atoms with van der Waals surface area (Å²) in [6, 6.07) is 16.7. The van der Waals surface area contributed by atoms with E-state index < -0.39 is 36.7 Å². The van der Waals surface area contributed by atoms with Crippen molar-refractivity contribution in [2.24, 2.45) is 0 Å². The van der Waals surface area contributed by atoms with Gasteiger partial charge in [0.05, 0.1) is 13.7 Å². The van der Waals surface area contributed by atoms with Gasteiger partial charge in [-0.3, -0.25) is 4.79 Å². The highest BCUT2D eigenvalue weighted by Gasteiger charge is 2.27. The molecule has 0 unspecified atom stereocenters. The van der Waals surface area contributed by atoms with E-state index in [0.29, 0.717) is 12.8 Å². The summed E-state index contributed by atoms with van der Waals surface area (Å²) in [4.78, 5) is 36.5. The normalized spacial score (nSPS) is 12.3. The van der Waals surface area contributed by atoms with Gasteiger partial charge in [0.25, 0.3) is 0 Å². The van der Waals surface area contributed by atoms with Crippen molar-refractivity contribution < 1.29 is 29.0 Å². The zero-order valence-electron chi connectivity index (χ0n) is 17.5. The second kappa shape index (κ2) is 13.0. The van der Waals surface area contributed by atoms with Gasteiger partial charge in [0.2, 0.25) is 5.91 Å². The largest absolute Gasteiger partial charge is 0.467 e. The maximum atomic E-state index is 12.5. The highest BCUT2D eigenvalue weighted by molar-refractivity contribution is 5.89. The number of carbonyl (C=O) groups is 3. The van der Waals surface area contributed by atoms with Gasteiger partial charge < -0.3 is 25.2 Å². The second-order valence-corrected chi connectivity index (χ2v) is 6.90. The van der Waals surface area contributed by atoms with Crippen molar-refractivity contribution in [3.05, 3.63) is 71.8 Å². The van der Waals surface area contributed by atoms with Crippen LogP contribution in [0.2, 0.25) is 0 Å². The van der Waals surface area contributed by atoms with Crippen LogP contribution in [0.15, 0.2) is 60.7 Å². The van der Waals surface area contributed by atoms with Crippen LogP contribution in [0.5, 0.6) is 0 Å². The minimum absolute atomic E-state index is 0.0245. The van der Waals surface area contributed by atoms with Crippen LogP contribution in [0.1, 0.15) is 24.0 Å². The maximum Gasteiger partial charge on any atom is 0.408 e. The van der Waals surface area contributed by atoms with E-state index in [0.717, 1.165) is 17.5 Å². The molecular weight excluding hydrogens is 400 g/mol. The first-order valence-electron chi connectivity index (χ1n) is 10.0. The van der Waals surface area contributed by atoms with Crippen molar-refractivity contribution in [3.8, 4) is 0 Å².